The van der Waals surface area contributed by atoms with E-state index in [1.54, 1.807) is 0 Å². The molecule has 3 rings (SSSR count). The van der Waals surface area contributed by atoms with E-state index in [1.165, 1.54) is 78.1 Å². The van der Waals surface area contributed by atoms with Crippen LogP contribution in [0.25, 0.3) is 5.69 Å². The minimum Gasteiger partial charge on any atom is -0.442 e. The summed E-state index contributed by atoms with van der Waals surface area (Å²) in [5, 5.41) is 13.9. The summed E-state index contributed by atoms with van der Waals surface area (Å²) in [5.74, 6) is -1.16. The van der Waals surface area contributed by atoms with Crippen LogP contribution in [0.1, 0.15) is 63.2 Å². The zero-order valence-electron chi connectivity index (χ0n) is 23.2. The first kappa shape index (κ1) is 30.7. The maximum Gasteiger partial charge on any atom is 0.437 e. The number of carbonyl (C=O) groups is 3. The topological polar surface area (TPSA) is 118 Å². The van der Waals surface area contributed by atoms with Gasteiger partial charge in [-0.2, -0.15) is 28.5 Å². The van der Waals surface area contributed by atoms with E-state index in [0.717, 1.165) is 22.9 Å². The summed E-state index contributed by atoms with van der Waals surface area (Å²) in [6, 6.07) is 12.7. The molecule has 0 radical (unpaired) electrons. The van der Waals surface area contributed by atoms with Gasteiger partial charge in [-0.15, -0.1) is 5.01 Å². The van der Waals surface area contributed by atoms with Gasteiger partial charge in [0.05, 0.1) is 34.8 Å². The van der Waals surface area contributed by atoms with Gasteiger partial charge in [0.25, 0.3) is 0 Å². The molecular formula is C28H28F3N5O5. The summed E-state index contributed by atoms with van der Waals surface area (Å²) in [6.45, 7) is 9.06. The van der Waals surface area contributed by atoms with E-state index in [-0.39, 0.29) is 10.7 Å². The molecule has 0 saturated carbocycles. The lowest BCUT2D eigenvalue weighted by Gasteiger charge is -2.35. The minimum atomic E-state index is -4.80. The van der Waals surface area contributed by atoms with Gasteiger partial charge in [-0.05, 0) is 90.1 Å². The number of hydrazine groups is 1. The van der Waals surface area contributed by atoms with E-state index in [1.807, 2.05) is 6.07 Å². The van der Waals surface area contributed by atoms with Crippen LogP contribution in [0, 0.1) is 11.3 Å². The highest BCUT2D eigenvalue weighted by atomic mass is 19.4. The van der Waals surface area contributed by atoms with Crippen LogP contribution >= 0.6 is 0 Å². The van der Waals surface area contributed by atoms with Gasteiger partial charge in [0.1, 0.15) is 16.9 Å². The van der Waals surface area contributed by atoms with Crippen molar-refractivity contribution >= 4 is 23.8 Å². The van der Waals surface area contributed by atoms with E-state index in [4.69, 9.17) is 14.7 Å². The molecule has 0 unspecified atom stereocenters. The SMILES string of the molecule is CC(C)(C)OC(=O)N(C(=O)c1ccnn1-c1ccc(C#N)cc1)N(C(=O)OC(C)(C)C)c1cccc(C(F)(F)F)c1. The fourth-order valence-corrected chi connectivity index (χ4v) is 3.44. The summed E-state index contributed by atoms with van der Waals surface area (Å²) >= 11 is 0. The van der Waals surface area contributed by atoms with Gasteiger partial charge >= 0.3 is 24.3 Å². The number of anilines is 1. The Labute approximate surface area is 234 Å². The summed E-state index contributed by atoms with van der Waals surface area (Å²) in [7, 11) is 0. The molecule has 1 heterocycles. The third kappa shape index (κ3) is 7.63. The van der Waals surface area contributed by atoms with Crippen molar-refractivity contribution in [3.05, 3.63) is 77.6 Å². The number of hydrogen-bond acceptors (Lipinski definition) is 7. The highest BCUT2D eigenvalue weighted by Gasteiger charge is 2.41. The number of carbonyl (C=O) groups excluding carboxylic acids is 3. The highest BCUT2D eigenvalue weighted by Crippen LogP contribution is 2.33. The number of alkyl halides is 3. The first-order chi connectivity index (χ1) is 18.9. The van der Waals surface area contributed by atoms with Crippen LogP contribution in [0.2, 0.25) is 0 Å². The van der Waals surface area contributed by atoms with Gasteiger partial charge in [0.15, 0.2) is 0 Å². The maximum atomic E-state index is 14.1. The fourth-order valence-electron chi connectivity index (χ4n) is 3.44. The number of halogens is 3. The Morgan fingerprint density at radius 2 is 1.46 bits per heavy atom. The van der Waals surface area contributed by atoms with Crippen LogP contribution in [-0.4, -0.2) is 44.1 Å². The number of hydrogen-bond donors (Lipinski definition) is 0. The van der Waals surface area contributed by atoms with Gasteiger partial charge < -0.3 is 9.47 Å². The Kier molecular flexibility index (Phi) is 8.47. The van der Waals surface area contributed by atoms with Crippen molar-refractivity contribution < 1.29 is 37.0 Å². The Bertz CT molecular complexity index is 1480. The Morgan fingerprint density at radius 1 is 0.878 bits per heavy atom. The second-order valence-electron chi connectivity index (χ2n) is 10.7. The summed E-state index contributed by atoms with van der Waals surface area (Å²) in [5.41, 5.74) is -3.55. The average Bonchev–Trinajstić information content (AvgIpc) is 3.34. The van der Waals surface area contributed by atoms with E-state index in [0.29, 0.717) is 22.3 Å². The molecule has 13 heteroatoms. The van der Waals surface area contributed by atoms with Crippen molar-refractivity contribution in [3.8, 4) is 11.8 Å². The van der Waals surface area contributed by atoms with Crippen molar-refractivity contribution in [1.29, 1.82) is 5.26 Å². The van der Waals surface area contributed by atoms with E-state index < -0.39 is 46.7 Å². The van der Waals surface area contributed by atoms with Crippen LogP contribution in [0.5, 0.6) is 0 Å². The van der Waals surface area contributed by atoms with Crippen molar-refractivity contribution in [2.45, 2.75) is 58.9 Å². The zero-order chi connectivity index (χ0) is 30.8. The Hall–Kier alpha value is -4.86. The molecule has 0 fully saturated rings. The van der Waals surface area contributed by atoms with Gasteiger partial charge in [0.2, 0.25) is 0 Å². The van der Waals surface area contributed by atoms with Crippen LogP contribution in [0.4, 0.5) is 28.4 Å². The second-order valence-corrected chi connectivity index (χ2v) is 10.7. The molecule has 0 aliphatic heterocycles. The van der Waals surface area contributed by atoms with Crippen molar-refractivity contribution in [2.75, 3.05) is 5.01 Å². The van der Waals surface area contributed by atoms with E-state index in [9.17, 15) is 27.6 Å². The zero-order valence-corrected chi connectivity index (χ0v) is 23.2. The Balaban J connectivity index is 2.24. The average molecular weight is 572 g/mol. The third-order valence-electron chi connectivity index (χ3n) is 5.05. The lowest BCUT2D eigenvalue weighted by atomic mass is 10.2. The number of imide groups is 1. The highest BCUT2D eigenvalue weighted by molar-refractivity contribution is 6.07. The molecule has 216 valence electrons. The van der Waals surface area contributed by atoms with E-state index >= 15 is 0 Å². The standard InChI is InChI=1S/C28H28F3N5O5/c1-26(2,3)40-24(38)35(21-9-7-8-19(16-21)28(29,30)31)36(25(39)41-27(4,5)6)23(37)22-14-15-33-34(22)20-12-10-18(17-32)11-13-20/h7-16H,1-6H3. The molecule has 0 N–H and O–H groups in total. The van der Waals surface area contributed by atoms with Crippen LogP contribution < -0.4 is 5.01 Å². The number of benzene rings is 2. The third-order valence-corrected chi connectivity index (χ3v) is 5.05. The number of nitrogens with zero attached hydrogens (tertiary/aromatic N) is 5. The monoisotopic (exact) mass is 571 g/mol. The molecule has 2 aromatic carbocycles. The molecule has 0 bridgehead atoms. The predicted octanol–water partition coefficient (Wildman–Crippen LogP) is 6.50. The van der Waals surface area contributed by atoms with Gasteiger partial charge in [-0.25, -0.2) is 14.3 Å². The number of aromatic nitrogens is 2. The first-order valence-corrected chi connectivity index (χ1v) is 12.2. The number of nitriles is 1. The van der Waals surface area contributed by atoms with Gasteiger partial charge in [0, 0.05) is 0 Å². The lowest BCUT2D eigenvalue weighted by molar-refractivity contribution is -0.137. The lowest BCUT2D eigenvalue weighted by Crippen LogP contribution is -2.56. The molecule has 0 spiro atoms. The minimum absolute atomic E-state index is 0.249. The molecule has 1 aromatic heterocycles. The van der Waals surface area contributed by atoms with Gasteiger partial charge in [-0.1, -0.05) is 6.07 Å². The first-order valence-electron chi connectivity index (χ1n) is 12.2. The predicted molar refractivity (Wildman–Crippen MR) is 141 cm³/mol. The molecule has 41 heavy (non-hydrogen) atoms. The molecule has 3 amide bonds. The second kappa shape index (κ2) is 11.3. The number of ether oxygens (including phenoxy) is 2. The fraction of sp³-hybridized carbons (Fsp3) is 0.321. The maximum absolute atomic E-state index is 14.1. The smallest absolute Gasteiger partial charge is 0.437 e. The molecule has 0 atom stereocenters. The molecule has 0 aliphatic rings. The molecule has 10 nitrogen and oxygen atoms in total. The van der Waals surface area contributed by atoms with Crippen molar-refractivity contribution in [2.24, 2.45) is 0 Å². The molecule has 3 aromatic rings. The molecular weight excluding hydrogens is 543 g/mol. The number of amides is 3. The molecule has 0 aliphatic carbocycles. The van der Waals surface area contributed by atoms with Crippen molar-refractivity contribution in [1.82, 2.24) is 14.8 Å². The van der Waals surface area contributed by atoms with Crippen LogP contribution in [0.15, 0.2) is 60.8 Å². The quantitative estimate of drug-likeness (QED) is 0.330. The normalized spacial score (nSPS) is 11.8. The van der Waals surface area contributed by atoms with E-state index in [2.05, 4.69) is 5.10 Å². The summed E-state index contributed by atoms with van der Waals surface area (Å²) in [4.78, 5) is 41.1. The Morgan fingerprint density at radius 3 is 2.00 bits per heavy atom. The van der Waals surface area contributed by atoms with Crippen LogP contribution in [-0.2, 0) is 15.7 Å². The number of rotatable bonds is 3. The largest absolute Gasteiger partial charge is 0.442 e. The van der Waals surface area contributed by atoms with Crippen LogP contribution in [0.3, 0.4) is 0 Å². The van der Waals surface area contributed by atoms with Crippen molar-refractivity contribution in [3.63, 3.8) is 0 Å². The summed E-state index contributed by atoms with van der Waals surface area (Å²) in [6.07, 6.45) is -6.23. The van der Waals surface area contributed by atoms with Gasteiger partial charge in [-0.3, -0.25) is 4.79 Å². The summed E-state index contributed by atoms with van der Waals surface area (Å²) < 4.78 is 52.8. The molecule has 0 saturated heterocycles.